The van der Waals surface area contributed by atoms with Crippen LogP contribution < -0.4 is 10.6 Å². The lowest BCUT2D eigenvalue weighted by Gasteiger charge is -2.02. The first kappa shape index (κ1) is 11.0. The third-order valence-corrected chi connectivity index (χ3v) is 2.84. The topological polar surface area (TPSA) is 71.3 Å². The number of pyridine rings is 1. The number of amides is 1. The number of aromatic nitrogens is 3. The first-order valence-electron chi connectivity index (χ1n) is 6.07. The lowest BCUT2D eigenvalue weighted by molar-refractivity contribution is -0.119. The molecule has 1 saturated carbocycles. The van der Waals surface area contributed by atoms with Gasteiger partial charge in [0.2, 0.25) is 11.9 Å². The predicted octanol–water partition coefficient (Wildman–Crippen LogP) is 0.728. The molecule has 0 atom stereocenters. The molecule has 2 aromatic heterocycles. The minimum atomic E-state index is -0.00691. The fraction of sp³-hybridized carbons (Fsp3) is 0.417. The zero-order valence-corrected chi connectivity index (χ0v) is 10.2. The van der Waals surface area contributed by atoms with Gasteiger partial charge in [0.15, 0.2) is 5.65 Å². The van der Waals surface area contributed by atoms with Crippen molar-refractivity contribution >= 4 is 17.5 Å². The fourth-order valence-corrected chi connectivity index (χ4v) is 1.72. The van der Waals surface area contributed by atoms with E-state index in [1.165, 1.54) is 0 Å². The van der Waals surface area contributed by atoms with Crippen LogP contribution in [0.1, 0.15) is 18.4 Å². The van der Waals surface area contributed by atoms with E-state index in [1.807, 2.05) is 25.3 Å². The Morgan fingerprint density at radius 3 is 3.17 bits per heavy atom. The molecule has 2 N–H and O–H groups in total. The summed E-state index contributed by atoms with van der Waals surface area (Å²) < 4.78 is 1.69. The third kappa shape index (κ3) is 2.42. The van der Waals surface area contributed by atoms with Gasteiger partial charge in [-0.25, -0.2) is 4.52 Å². The lowest BCUT2D eigenvalue weighted by Crippen LogP contribution is -2.31. The molecule has 0 aliphatic heterocycles. The fourth-order valence-electron chi connectivity index (χ4n) is 1.72. The second-order valence-corrected chi connectivity index (χ2v) is 4.64. The molecule has 1 amide bonds. The molecule has 0 spiro atoms. The van der Waals surface area contributed by atoms with Gasteiger partial charge in [-0.1, -0.05) is 0 Å². The van der Waals surface area contributed by atoms with Crippen molar-refractivity contribution in [1.82, 2.24) is 19.9 Å². The number of rotatable bonds is 4. The maximum absolute atomic E-state index is 11.5. The maximum Gasteiger partial charge on any atom is 0.243 e. The molecular weight excluding hydrogens is 230 g/mol. The zero-order valence-electron chi connectivity index (χ0n) is 10.2. The predicted molar refractivity (Wildman–Crippen MR) is 67.4 cm³/mol. The van der Waals surface area contributed by atoms with Crippen molar-refractivity contribution in [2.45, 2.75) is 25.8 Å². The van der Waals surface area contributed by atoms with Crippen LogP contribution >= 0.6 is 0 Å². The van der Waals surface area contributed by atoms with Gasteiger partial charge in [-0.2, -0.15) is 4.98 Å². The van der Waals surface area contributed by atoms with E-state index in [1.54, 1.807) is 4.52 Å². The number of nitrogens with zero attached hydrogens (tertiary/aromatic N) is 3. The smallest absolute Gasteiger partial charge is 0.243 e. The summed E-state index contributed by atoms with van der Waals surface area (Å²) in [5, 5.41) is 10.1. The largest absolute Gasteiger partial charge is 0.352 e. The van der Waals surface area contributed by atoms with Crippen LogP contribution in [0, 0.1) is 6.92 Å². The molecule has 6 heteroatoms. The van der Waals surface area contributed by atoms with E-state index in [0.717, 1.165) is 24.1 Å². The second-order valence-electron chi connectivity index (χ2n) is 4.64. The van der Waals surface area contributed by atoms with Crippen LogP contribution in [-0.4, -0.2) is 33.1 Å². The Kier molecular flexibility index (Phi) is 2.62. The van der Waals surface area contributed by atoms with Crippen LogP contribution in [0.5, 0.6) is 0 Å². The summed E-state index contributed by atoms with van der Waals surface area (Å²) in [5.74, 6) is 0.471. The highest BCUT2D eigenvalue weighted by atomic mass is 16.2. The molecule has 0 bridgehead atoms. The van der Waals surface area contributed by atoms with E-state index < -0.39 is 0 Å². The Morgan fingerprint density at radius 2 is 2.39 bits per heavy atom. The summed E-state index contributed by atoms with van der Waals surface area (Å²) >= 11 is 0. The van der Waals surface area contributed by atoms with Gasteiger partial charge in [0.25, 0.3) is 0 Å². The Morgan fingerprint density at radius 1 is 1.56 bits per heavy atom. The number of aryl methyl sites for hydroxylation is 1. The minimum Gasteiger partial charge on any atom is -0.352 e. The van der Waals surface area contributed by atoms with Crippen LogP contribution in [0.3, 0.4) is 0 Å². The normalized spacial score (nSPS) is 14.7. The number of hydrogen-bond donors (Lipinski definition) is 2. The van der Waals surface area contributed by atoms with E-state index in [-0.39, 0.29) is 12.5 Å². The van der Waals surface area contributed by atoms with E-state index >= 15 is 0 Å². The van der Waals surface area contributed by atoms with Gasteiger partial charge in [0, 0.05) is 12.2 Å². The number of carbonyl (C=O) groups is 1. The Bertz CT molecular complexity index is 587. The summed E-state index contributed by atoms with van der Waals surface area (Å²) in [4.78, 5) is 15.8. The number of fused-ring (bicyclic) bond motifs is 1. The van der Waals surface area contributed by atoms with Gasteiger partial charge < -0.3 is 10.6 Å². The van der Waals surface area contributed by atoms with Gasteiger partial charge >= 0.3 is 0 Å². The first-order chi connectivity index (χ1) is 8.70. The third-order valence-electron chi connectivity index (χ3n) is 2.84. The molecule has 2 aromatic rings. The molecule has 1 aliphatic carbocycles. The summed E-state index contributed by atoms with van der Waals surface area (Å²) in [5.41, 5.74) is 1.91. The highest BCUT2D eigenvalue weighted by Gasteiger charge is 2.22. The molecule has 6 nitrogen and oxygen atoms in total. The summed E-state index contributed by atoms with van der Waals surface area (Å²) in [6.07, 6.45) is 4.04. The van der Waals surface area contributed by atoms with Gasteiger partial charge in [0.1, 0.15) is 0 Å². The van der Waals surface area contributed by atoms with Crippen molar-refractivity contribution in [2.24, 2.45) is 0 Å². The molecule has 2 heterocycles. The van der Waals surface area contributed by atoms with Crippen LogP contribution in [0.25, 0.3) is 5.65 Å². The standard InChI is InChI=1S/C12H15N5O/c1-8-4-5-17-10(6-8)15-12(16-17)13-7-11(18)14-9-2-3-9/h4-6,9H,2-3,7H2,1H3,(H,13,16)(H,14,18). The van der Waals surface area contributed by atoms with Gasteiger partial charge in [-0.05, 0) is 37.5 Å². The molecule has 1 aliphatic rings. The van der Waals surface area contributed by atoms with Gasteiger partial charge in [0.05, 0.1) is 6.54 Å². The maximum atomic E-state index is 11.5. The van der Waals surface area contributed by atoms with E-state index in [9.17, 15) is 4.79 Å². The molecule has 0 unspecified atom stereocenters. The SMILES string of the molecule is Cc1ccn2nc(NCC(=O)NC3CC3)nc2c1. The highest BCUT2D eigenvalue weighted by molar-refractivity contribution is 5.80. The second kappa shape index (κ2) is 4.29. The summed E-state index contributed by atoms with van der Waals surface area (Å²) in [7, 11) is 0. The Labute approximate surface area is 104 Å². The average Bonchev–Trinajstić information content (AvgIpc) is 3.04. The molecule has 18 heavy (non-hydrogen) atoms. The van der Waals surface area contributed by atoms with Crippen molar-refractivity contribution < 1.29 is 4.79 Å². The zero-order chi connectivity index (χ0) is 12.5. The van der Waals surface area contributed by atoms with E-state index in [0.29, 0.717) is 12.0 Å². The molecule has 3 rings (SSSR count). The van der Waals surface area contributed by atoms with Crippen molar-refractivity contribution in [3.63, 3.8) is 0 Å². The summed E-state index contributed by atoms with van der Waals surface area (Å²) in [6, 6.07) is 4.30. The molecule has 0 saturated heterocycles. The number of carbonyl (C=O) groups excluding carboxylic acids is 1. The van der Waals surface area contributed by atoms with Crippen molar-refractivity contribution in [1.29, 1.82) is 0 Å². The Hall–Kier alpha value is -2.11. The highest BCUT2D eigenvalue weighted by Crippen LogP contribution is 2.18. The van der Waals surface area contributed by atoms with E-state index in [4.69, 9.17) is 0 Å². The van der Waals surface area contributed by atoms with Crippen molar-refractivity contribution in [2.75, 3.05) is 11.9 Å². The van der Waals surface area contributed by atoms with Gasteiger partial charge in [-0.15, -0.1) is 5.10 Å². The molecule has 0 radical (unpaired) electrons. The average molecular weight is 245 g/mol. The molecule has 1 fully saturated rings. The van der Waals surface area contributed by atoms with Crippen molar-refractivity contribution in [3.8, 4) is 0 Å². The molecule has 94 valence electrons. The number of nitrogens with one attached hydrogen (secondary N) is 2. The van der Waals surface area contributed by atoms with Crippen LogP contribution in [0.2, 0.25) is 0 Å². The monoisotopic (exact) mass is 245 g/mol. The number of hydrogen-bond acceptors (Lipinski definition) is 4. The van der Waals surface area contributed by atoms with Gasteiger partial charge in [-0.3, -0.25) is 4.79 Å². The van der Waals surface area contributed by atoms with Crippen LogP contribution in [0.15, 0.2) is 18.3 Å². The summed E-state index contributed by atoms with van der Waals surface area (Å²) in [6.45, 7) is 2.22. The molecular formula is C12H15N5O. The quantitative estimate of drug-likeness (QED) is 0.833. The minimum absolute atomic E-state index is 0.00691. The van der Waals surface area contributed by atoms with E-state index in [2.05, 4.69) is 20.7 Å². The Balaban J connectivity index is 1.64. The number of anilines is 1. The van der Waals surface area contributed by atoms with Crippen LogP contribution in [-0.2, 0) is 4.79 Å². The van der Waals surface area contributed by atoms with Crippen LogP contribution in [0.4, 0.5) is 5.95 Å². The lowest BCUT2D eigenvalue weighted by atomic mass is 10.3. The molecule has 0 aromatic carbocycles. The first-order valence-corrected chi connectivity index (χ1v) is 6.07. The van der Waals surface area contributed by atoms with Crippen molar-refractivity contribution in [3.05, 3.63) is 23.9 Å².